The SMILES string of the molecule is c1cnc(N2CCC23CCN(Cc2ccoc2)CC3)nc1. The first-order chi connectivity index (χ1) is 10.4. The molecule has 2 aliphatic heterocycles. The lowest BCUT2D eigenvalue weighted by molar-refractivity contribution is 0.110. The van der Waals surface area contributed by atoms with Gasteiger partial charge in [-0.3, -0.25) is 4.90 Å². The topological polar surface area (TPSA) is 45.4 Å². The van der Waals surface area contributed by atoms with Gasteiger partial charge in [0.15, 0.2) is 0 Å². The van der Waals surface area contributed by atoms with Crippen LogP contribution in [-0.2, 0) is 6.54 Å². The Labute approximate surface area is 124 Å². The summed E-state index contributed by atoms with van der Waals surface area (Å²) >= 11 is 0. The quantitative estimate of drug-likeness (QED) is 0.865. The summed E-state index contributed by atoms with van der Waals surface area (Å²) in [6, 6.07) is 3.93. The number of aromatic nitrogens is 2. The van der Waals surface area contributed by atoms with E-state index >= 15 is 0 Å². The van der Waals surface area contributed by atoms with Crippen LogP contribution in [0.5, 0.6) is 0 Å². The first kappa shape index (κ1) is 12.8. The Kier molecular flexibility index (Phi) is 3.15. The zero-order valence-corrected chi connectivity index (χ0v) is 12.1. The summed E-state index contributed by atoms with van der Waals surface area (Å²) in [4.78, 5) is 13.8. The molecule has 5 heteroatoms. The van der Waals surface area contributed by atoms with Crippen LogP contribution in [0.15, 0.2) is 41.5 Å². The van der Waals surface area contributed by atoms with E-state index in [-0.39, 0.29) is 0 Å². The second-order valence-electron chi connectivity index (χ2n) is 6.08. The molecule has 2 aromatic heterocycles. The molecule has 1 spiro atoms. The zero-order valence-electron chi connectivity index (χ0n) is 12.1. The van der Waals surface area contributed by atoms with Gasteiger partial charge >= 0.3 is 0 Å². The predicted molar refractivity (Wildman–Crippen MR) is 79.9 cm³/mol. The Morgan fingerprint density at radius 1 is 1.10 bits per heavy atom. The van der Waals surface area contributed by atoms with Crippen LogP contribution in [-0.4, -0.2) is 40.0 Å². The van der Waals surface area contributed by atoms with Gasteiger partial charge in [-0.1, -0.05) is 0 Å². The monoisotopic (exact) mass is 284 g/mol. The molecule has 21 heavy (non-hydrogen) atoms. The van der Waals surface area contributed by atoms with Gasteiger partial charge in [0, 0.05) is 49.7 Å². The van der Waals surface area contributed by atoms with E-state index in [9.17, 15) is 0 Å². The molecule has 2 aromatic rings. The Morgan fingerprint density at radius 3 is 2.48 bits per heavy atom. The van der Waals surface area contributed by atoms with Gasteiger partial charge < -0.3 is 9.32 Å². The third-order valence-electron chi connectivity index (χ3n) is 4.94. The van der Waals surface area contributed by atoms with Gasteiger partial charge in [-0.25, -0.2) is 9.97 Å². The van der Waals surface area contributed by atoms with Crippen LogP contribution in [0.1, 0.15) is 24.8 Å². The summed E-state index contributed by atoms with van der Waals surface area (Å²) in [5.41, 5.74) is 1.57. The Balaban J connectivity index is 1.40. The Hall–Kier alpha value is -1.88. The number of nitrogens with zero attached hydrogens (tertiary/aromatic N) is 4. The molecule has 0 unspecified atom stereocenters. The van der Waals surface area contributed by atoms with Crippen molar-refractivity contribution in [2.75, 3.05) is 24.5 Å². The number of piperidine rings is 1. The van der Waals surface area contributed by atoms with Crippen molar-refractivity contribution in [1.29, 1.82) is 0 Å². The maximum Gasteiger partial charge on any atom is 0.225 e. The molecule has 0 atom stereocenters. The number of likely N-dealkylation sites (tertiary alicyclic amines) is 1. The van der Waals surface area contributed by atoms with Gasteiger partial charge in [-0.15, -0.1) is 0 Å². The summed E-state index contributed by atoms with van der Waals surface area (Å²) in [5.74, 6) is 0.895. The molecule has 0 amide bonds. The lowest BCUT2D eigenvalue weighted by Crippen LogP contribution is -2.64. The Bertz CT molecular complexity index is 576. The highest BCUT2D eigenvalue weighted by Gasteiger charge is 2.47. The van der Waals surface area contributed by atoms with Crippen LogP contribution in [0.2, 0.25) is 0 Å². The van der Waals surface area contributed by atoms with E-state index in [1.807, 2.05) is 24.7 Å². The van der Waals surface area contributed by atoms with Gasteiger partial charge in [-0.2, -0.15) is 0 Å². The van der Waals surface area contributed by atoms with E-state index in [4.69, 9.17) is 4.42 Å². The van der Waals surface area contributed by atoms with Crippen molar-refractivity contribution >= 4 is 5.95 Å². The van der Waals surface area contributed by atoms with Crippen molar-refractivity contribution in [3.63, 3.8) is 0 Å². The number of hydrogen-bond donors (Lipinski definition) is 0. The standard InChI is InChI=1S/C16H20N4O/c1-6-17-15(18-7-1)20-10-5-16(20)3-8-19(9-4-16)12-14-2-11-21-13-14/h1-2,6-7,11,13H,3-5,8-10,12H2. The maximum atomic E-state index is 5.15. The highest BCUT2D eigenvalue weighted by atomic mass is 16.3. The molecule has 0 radical (unpaired) electrons. The summed E-state index contributed by atoms with van der Waals surface area (Å²) in [6.07, 6.45) is 10.9. The predicted octanol–water partition coefficient (Wildman–Crippen LogP) is 2.31. The van der Waals surface area contributed by atoms with Crippen LogP contribution in [0.4, 0.5) is 5.95 Å². The summed E-state index contributed by atoms with van der Waals surface area (Å²) in [6.45, 7) is 4.35. The number of anilines is 1. The largest absolute Gasteiger partial charge is 0.472 e. The van der Waals surface area contributed by atoms with Gasteiger partial charge in [0.1, 0.15) is 0 Å². The average molecular weight is 284 g/mol. The molecule has 0 aromatic carbocycles. The van der Waals surface area contributed by atoms with Crippen LogP contribution >= 0.6 is 0 Å². The molecule has 4 rings (SSSR count). The maximum absolute atomic E-state index is 5.15. The lowest BCUT2D eigenvalue weighted by atomic mass is 9.76. The molecule has 0 N–H and O–H groups in total. The van der Waals surface area contributed by atoms with Crippen LogP contribution in [0.3, 0.4) is 0 Å². The summed E-state index contributed by atoms with van der Waals surface area (Å²) in [5, 5.41) is 0. The number of furan rings is 1. The molecule has 4 heterocycles. The first-order valence-corrected chi connectivity index (χ1v) is 7.64. The molecule has 2 fully saturated rings. The van der Waals surface area contributed by atoms with E-state index in [0.717, 1.165) is 32.1 Å². The lowest BCUT2D eigenvalue weighted by Gasteiger charge is -2.56. The van der Waals surface area contributed by atoms with Crippen molar-refractivity contribution in [1.82, 2.24) is 14.9 Å². The molecule has 110 valence electrons. The smallest absolute Gasteiger partial charge is 0.225 e. The summed E-state index contributed by atoms with van der Waals surface area (Å²) < 4.78 is 5.15. The highest BCUT2D eigenvalue weighted by Crippen LogP contribution is 2.41. The van der Waals surface area contributed by atoms with Crippen LogP contribution in [0, 0.1) is 0 Å². The third kappa shape index (κ3) is 2.31. The van der Waals surface area contributed by atoms with Gasteiger partial charge in [0.25, 0.3) is 0 Å². The molecular formula is C16H20N4O. The Morgan fingerprint density at radius 2 is 1.86 bits per heavy atom. The van der Waals surface area contributed by atoms with Crippen molar-refractivity contribution in [3.05, 3.63) is 42.6 Å². The fraction of sp³-hybridized carbons (Fsp3) is 0.500. The fourth-order valence-electron chi connectivity index (χ4n) is 3.57. The van der Waals surface area contributed by atoms with Gasteiger partial charge in [0.2, 0.25) is 5.95 Å². The van der Waals surface area contributed by atoms with E-state index in [2.05, 4.69) is 25.8 Å². The second kappa shape index (κ2) is 5.15. The van der Waals surface area contributed by atoms with Gasteiger partial charge in [-0.05, 0) is 31.4 Å². The normalized spacial score (nSPS) is 21.4. The molecule has 5 nitrogen and oxygen atoms in total. The summed E-state index contributed by atoms with van der Waals surface area (Å²) in [7, 11) is 0. The molecule has 0 bridgehead atoms. The molecular weight excluding hydrogens is 264 g/mol. The van der Waals surface area contributed by atoms with E-state index < -0.39 is 0 Å². The van der Waals surface area contributed by atoms with Crippen molar-refractivity contribution < 1.29 is 4.42 Å². The first-order valence-electron chi connectivity index (χ1n) is 7.64. The molecule has 2 saturated heterocycles. The zero-order chi connectivity index (χ0) is 14.1. The minimum Gasteiger partial charge on any atom is -0.472 e. The van der Waals surface area contributed by atoms with Crippen LogP contribution < -0.4 is 4.90 Å². The average Bonchev–Trinajstić information content (AvgIpc) is 3.01. The number of rotatable bonds is 3. The highest BCUT2D eigenvalue weighted by molar-refractivity contribution is 5.40. The van der Waals surface area contributed by atoms with E-state index in [1.165, 1.54) is 24.8 Å². The van der Waals surface area contributed by atoms with Crippen LogP contribution in [0.25, 0.3) is 0 Å². The van der Waals surface area contributed by atoms with Crippen molar-refractivity contribution in [3.8, 4) is 0 Å². The molecule has 2 aliphatic rings. The van der Waals surface area contributed by atoms with Crippen molar-refractivity contribution in [2.45, 2.75) is 31.3 Å². The van der Waals surface area contributed by atoms with Crippen molar-refractivity contribution in [2.24, 2.45) is 0 Å². The molecule has 0 aliphatic carbocycles. The van der Waals surface area contributed by atoms with E-state index in [0.29, 0.717) is 5.54 Å². The number of hydrogen-bond acceptors (Lipinski definition) is 5. The van der Waals surface area contributed by atoms with Gasteiger partial charge in [0.05, 0.1) is 12.5 Å². The minimum atomic E-state index is 0.300. The minimum absolute atomic E-state index is 0.300. The third-order valence-corrected chi connectivity index (χ3v) is 4.94. The fourth-order valence-corrected chi connectivity index (χ4v) is 3.57. The van der Waals surface area contributed by atoms with E-state index in [1.54, 1.807) is 6.26 Å². The second-order valence-corrected chi connectivity index (χ2v) is 6.08. The molecule has 0 saturated carbocycles.